The van der Waals surface area contributed by atoms with Gasteiger partial charge in [-0.2, -0.15) is 4.99 Å². The quantitative estimate of drug-likeness (QED) is 0.404. The van der Waals surface area contributed by atoms with Gasteiger partial charge in [-0.25, -0.2) is 0 Å². The lowest BCUT2D eigenvalue weighted by Gasteiger charge is -2.09. The molecule has 0 aliphatic heterocycles. The number of rotatable bonds is 6. The summed E-state index contributed by atoms with van der Waals surface area (Å²) < 4.78 is 14.4. The molecule has 0 saturated carbocycles. The second-order valence-corrected chi connectivity index (χ2v) is 8.29. The van der Waals surface area contributed by atoms with Crippen molar-refractivity contribution in [2.45, 2.75) is 20.4 Å². The van der Waals surface area contributed by atoms with Crippen LogP contribution in [0.5, 0.6) is 11.5 Å². The summed E-state index contributed by atoms with van der Waals surface area (Å²) in [6.07, 6.45) is 0. The SMILES string of the molecule is COCCn1c(=NC(=O)c2ccccc2Oc2ccccc2)sc2cc(C)cc(C)c21. The Morgan fingerprint density at radius 1 is 1.03 bits per heavy atom. The molecule has 1 amide bonds. The van der Waals surface area contributed by atoms with Crippen molar-refractivity contribution < 1.29 is 14.3 Å². The molecule has 1 aromatic heterocycles. The Hall–Kier alpha value is -3.22. The summed E-state index contributed by atoms with van der Waals surface area (Å²) >= 11 is 1.51. The molecule has 0 unspecified atom stereocenters. The fraction of sp³-hybridized carbons (Fsp3) is 0.200. The maximum absolute atomic E-state index is 13.2. The molecule has 0 atom stereocenters. The minimum atomic E-state index is -0.335. The molecule has 4 aromatic rings. The van der Waals surface area contributed by atoms with Gasteiger partial charge in [-0.15, -0.1) is 0 Å². The third kappa shape index (κ3) is 4.60. The van der Waals surface area contributed by atoms with E-state index in [2.05, 4.69) is 35.5 Å². The second kappa shape index (κ2) is 9.29. The first-order chi connectivity index (χ1) is 15.1. The summed E-state index contributed by atoms with van der Waals surface area (Å²) in [5.74, 6) is 0.823. The van der Waals surface area contributed by atoms with Crippen LogP contribution in [0.25, 0.3) is 10.2 Å². The van der Waals surface area contributed by atoms with Crippen molar-refractivity contribution >= 4 is 27.5 Å². The average molecular weight is 433 g/mol. The normalized spacial score (nSPS) is 11.8. The number of benzene rings is 3. The lowest BCUT2D eigenvalue weighted by molar-refractivity contribution is 0.0995. The van der Waals surface area contributed by atoms with Crippen LogP contribution in [0.1, 0.15) is 21.5 Å². The predicted molar refractivity (Wildman–Crippen MR) is 124 cm³/mol. The molecule has 4 rings (SSSR count). The van der Waals surface area contributed by atoms with Crippen LogP contribution in [0.15, 0.2) is 71.7 Å². The van der Waals surface area contributed by atoms with Crippen molar-refractivity contribution in [3.63, 3.8) is 0 Å². The van der Waals surface area contributed by atoms with Gasteiger partial charge >= 0.3 is 0 Å². The highest BCUT2D eigenvalue weighted by molar-refractivity contribution is 7.16. The molecule has 31 heavy (non-hydrogen) atoms. The Kier molecular flexibility index (Phi) is 6.30. The number of amides is 1. The van der Waals surface area contributed by atoms with E-state index in [0.29, 0.717) is 35.0 Å². The molecule has 0 N–H and O–H groups in total. The van der Waals surface area contributed by atoms with E-state index in [0.717, 1.165) is 15.8 Å². The number of para-hydroxylation sites is 2. The van der Waals surface area contributed by atoms with Crippen LogP contribution in [0.4, 0.5) is 0 Å². The summed E-state index contributed by atoms with van der Waals surface area (Å²) in [6.45, 7) is 5.31. The number of fused-ring (bicyclic) bond motifs is 1. The Morgan fingerprint density at radius 3 is 2.55 bits per heavy atom. The number of hydrogen-bond acceptors (Lipinski definition) is 4. The minimum absolute atomic E-state index is 0.335. The van der Waals surface area contributed by atoms with Crippen LogP contribution in [0.2, 0.25) is 0 Å². The Labute approximate surface area is 185 Å². The number of aryl methyl sites for hydroxylation is 2. The van der Waals surface area contributed by atoms with Crippen LogP contribution in [0, 0.1) is 13.8 Å². The molecular formula is C25H24N2O3S. The zero-order valence-electron chi connectivity index (χ0n) is 17.8. The molecule has 1 heterocycles. The fourth-order valence-corrected chi connectivity index (χ4v) is 4.79. The number of ether oxygens (including phenoxy) is 2. The van der Waals surface area contributed by atoms with Gasteiger partial charge in [0.25, 0.3) is 5.91 Å². The average Bonchev–Trinajstić information content (AvgIpc) is 3.10. The molecule has 5 nitrogen and oxygen atoms in total. The van der Waals surface area contributed by atoms with Gasteiger partial charge in [-0.1, -0.05) is 47.7 Å². The van der Waals surface area contributed by atoms with Crippen LogP contribution in [-0.2, 0) is 11.3 Å². The molecule has 0 aliphatic rings. The van der Waals surface area contributed by atoms with E-state index in [1.165, 1.54) is 16.9 Å². The first-order valence-electron chi connectivity index (χ1n) is 10.1. The number of hydrogen-bond donors (Lipinski definition) is 0. The zero-order chi connectivity index (χ0) is 21.8. The van der Waals surface area contributed by atoms with E-state index in [4.69, 9.17) is 9.47 Å². The van der Waals surface area contributed by atoms with Crippen molar-refractivity contribution in [1.29, 1.82) is 0 Å². The highest BCUT2D eigenvalue weighted by atomic mass is 32.1. The molecule has 158 valence electrons. The number of thiazole rings is 1. The first kappa shape index (κ1) is 21.0. The van der Waals surface area contributed by atoms with Gasteiger partial charge in [0.1, 0.15) is 11.5 Å². The van der Waals surface area contributed by atoms with Crippen molar-refractivity contribution in [2.75, 3.05) is 13.7 Å². The van der Waals surface area contributed by atoms with Gasteiger partial charge in [-0.3, -0.25) is 4.79 Å². The summed E-state index contributed by atoms with van der Waals surface area (Å²) in [7, 11) is 1.67. The lowest BCUT2D eigenvalue weighted by atomic mass is 10.1. The highest BCUT2D eigenvalue weighted by Gasteiger charge is 2.15. The smallest absolute Gasteiger partial charge is 0.283 e. The van der Waals surface area contributed by atoms with Gasteiger partial charge in [0.2, 0.25) is 0 Å². The van der Waals surface area contributed by atoms with Gasteiger partial charge in [0, 0.05) is 13.7 Å². The van der Waals surface area contributed by atoms with Gasteiger partial charge in [0.05, 0.1) is 22.4 Å². The highest BCUT2D eigenvalue weighted by Crippen LogP contribution is 2.26. The molecule has 0 aliphatic carbocycles. The van der Waals surface area contributed by atoms with Gasteiger partial charge in [-0.05, 0) is 55.3 Å². The van der Waals surface area contributed by atoms with E-state index in [1.807, 2.05) is 42.5 Å². The molecular weight excluding hydrogens is 408 g/mol. The molecule has 0 saturated heterocycles. The van der Waals surface area contributed by atoms with Gasteiger partial charge in [0.15, 0.2) is 4.80 Å². The number of methoxy groups -OCH3 is 1. The Balaban J connectivity index is 1.79. The maximum Gasteiger partial charge on any atom is 0.283 e. The first-order valence-corrected chi connectivity index (χ1v) is 10.9. The fourth-order valence-electron chi connectivity index (χ4n) is 3.56. The summed E-state index contributed by atoms with van der Waals surface area (Å²) in [4.78, 5) is 18.3. The molecule has 3 aromatic carbocycles. The van der Waals surface area contributed by atoms with Crippen molar-refractivity contribution in [3.05, 3.63) is 88.2 Å². The largest absolute Gasteiger partial charge is 0.457 e. The third-order valence-corrected chi connectivity index (χ3v) is 5.94. The Morgan fingerprint density at radius 2 is 1.77 bits per heavy atom. The lowest BCUT2D eigenvalue weighted by Crippen LogP contribution is -2.20. The minimum Gasteiger partial charge on any atom is -0.457 e. The van der Waals surface area contributed by atoms with E-state index in [9.17, 15) is 4.79 Å². The molecule has 0 bridgehead atoms. The van der Waals surface area contributed by atoms with Crippen LogP contribution >= 0.6 is 11.3 Å². The number of carbonyl (C=O) groups excluding carboxylic acids is 1. The van der Waals surface area contributed by atoms with Crippen molar-refractivity contribution in [3.8, 4) is 11.5 Å². The van der Waals surface area contributed by atoms with E-state index in [1.54, 1.807) is 19.2 Å². The van der Waals surface area contributed by atoms with Crippen LogP contribution < -0.4 is 9.54 Å². The van der Waals surface area contributed by atoms with E-state index < -0.39 is 0 Å². The number of aromatic nitrogens is 1. The monoisotopic (exact) mass is 432 g/mol. The van der Waals surface area contributed by atoms with Crippen molar-refractivity contribution in [2.24, 2.45) is 4.99 Å². The van der Waals surface area contributed by atoms with Gasteiger partial charge < -0.3 is 14.0 Å². The molecule has 0 spiro atoms. The van der Waals surface area contributed by atoms with Crippen LogP contribution in [0.3, 0.4) is 0 Å². The van der Waals surface area contributed by atoms with E-state index in [-0.39, 0.29) is 5.91 Å². The molecule has 0 radical (unpaired) electrons. The summed E-state index contributed by atoms with van der Waals surface area (Å²) in [6, 6.07) is 20.9. The Bertz CT molecular complexity index is 1290. The summed E-state index contributed by atoms with van der Waals surface area (Å²) in [5, 5.41) is 0. The number of carbonyl (C=O) groups is 1. The van der Waals surface area contributed by atoms with Crippen molar-refractivity contribution in [1.82, 2.24) is 4.57 Å². The maximum atomic E-state index is 13.2. The molecule has 0 fully saturated rings. The number of nitrogens with zero attached hydrogens (tertiary/aromatic N) is 2. The molecule has 6 heteroatoms. The second-order valence-electron chi connectivity index (χ2n) is 7.29. The standard InChI is InChI=1S/C25H24N2O3S/c1-17-15-18(2)23-22(16-17)31-25(27(23)13-14-29-3)26-24(28)20-11-7-8-12-21(20)30-19-9-5-4-6-10-19/h4-12,15-16H,13-14H2,1-3H3. The van der Waals surface area contributed by atoms with Crippen LogP contribution in [-0.4, -0.2) is 24.2 Å². The topological polar surface area (TPSA) is 52.8 Å². The predicted octanol–water partition coefficient (Wildman–Crippen LogP) is 5.50. The van der Waals surface area contributed by atoms with E-state index >= 15 is 0 Å². The summed E-state index contributed by atoms with van der Waals surface area (Å²) in [5.41, 5.74) is 3.86. The third-order valence-electron chi connectivity index (χ3n) is 4.92. The zero-order valence-corrected chi connectivity index (χ0v) is 18.6.